The summed E-state index contributed by atoms with van der Waals surface area (Å²) in [6.07, 6.45) is -2.45. The van der Waals surface area contributed by atoms with Gasteiger partial charge in [-0.25, -0.2) is 4.98 Å². The number of nitrogens with zero attached hydrogens (tertiary/aromatic N) is 2. The second-order valence-corrected chi connectivity index (χ2v) is 4.16. The third-order valence-electron chi connectivity index (χ3n) is 3.02. The molecule has 0 amide bonds. The second kappa shape index (κ2) is 4.52. The van der Waals surface area contributed by atoms with E-state index in [4.69, 9.17) is 0 Å². The molecule has 0 aliphatic carbocycles. The van der Waals surface area contributed by atoms with Gasteiger partial charge in [0.1, 0.15) is 5.82 Å². The number of hydrogen-bond donors (Lipinski definition) is 1. The lowest BCUT2D eigenvalue weighted by molar-refractivity contribution is -0.137. The van der Waals surface area contributed by atoms with E-state index < -0.39 is 11.7 Å². The fourth-order valence-corrected chi connectivity index (χ4v) is 1.92. The van der Waals surface area contributed by atoms with Crippen LogP contribution in [0.3, 0.4) is 0 Å². The van der Waals surface area contributed by atoms with Crippen LogP contribution >= 0.6 is 0 Å². The van der Waals surface area contributed by atoms with E-state index in [1.165, 1.54) is 6.07 Å². The van der Waals surface area contributed by atoms with Gasteiger partial charge in [0.2, 0.25) is 0 Å². The van der Waals surface area contributed by atoms with Gasteiger partial charge in [0.25, 0.3) is 0 Å². The highest BCUT2D eigenvalue weighted by atomic mass is 19.4. The molecule has 1 fully saturated rings. The van der Waals surface area contributed by atoms with E-state index in [-0.39, 0.29) is 0 Å². The van der Waals surface area contributed by atoms with E-state index in [2.05, 4.69) is 10.3 Å². The van der Waals surface area contributed by atoms with Crippen LogP contribution in [0.2, 0.25) is 0 Å². The van der Waals surface area contributed by atoms with Crippen LogP contribution in [-0.4, -0.2) is 31.2 Å². The first kappa shape index (κ1) is 12.2. The molecule has 2 rings (SSSR count). The van der Waals surface area contributed by atoms with E-state index in [1.54, 1.807) is 0 Å². The zero-order valence-electron chi connectivity index (χ0n) is 9.46. The summed E-state index contributed by atoms with van der Waals surface area (Å²) in [5, 5.41) is 3.21. The molecular formula is C11H14F3N3. The Labute approximate surface area is 97.6 Å². The molecule has 0 bridgehead atoms. The summed E-state index contributed by atoms with van der Waals surface area (Å²) in [7, 11) is 1.85. The van der Waals surface area contributed by atoms with Gasteiger partial charge in [-0.15, -0.1) is 0 Å². The summed E-state index contributed by atoms with van der Waals surface area (Å²) in [4.78, 5) is 5.78. The van der Waals surface area contributed by atoms with Crippen LogP contribution in [0.25, 0.3) is 0 Å². The van der Waals surface area contributed by atoms with Crippen LogP contribution in [0.15, 0.2) is 18.3 Å². The number of rotatable bonds is 2. The molecule has 1 aromatic rings. The number of hydrogen-bond acceptors (Lipinski definition) is 3. The van der Waals surface area contributed by atoms with Crippen LogP contribution in [-0.2, 0) is 6.18 Å². The number of anilines is 1. The monoisotopic (exact) mass is 245 g/mol. The van der Waals surface area contributed by atoms with Gasteiger partial charge < -0.3 is 10.2 Å². The summed E-state index contributed by atoms with van der Waals surface area (Å²) in [5.41, 5.74) is -0.709. The second-order valence-electron chi connectivity index (χ2n) is 4.16. The number of likely N-dealkylation sites (N-methyl/N-ethyl adjacent to an activating group) is 1. The molecule has 1 N–H and O–H groups in total. The predicted molar refractivity (Wildman–Crippen MR) is 58.9 cm³/mol. The van der Waals surface area contributed by atoms with Gasteiger partial charge in [-0.05, 0) is 25.1 Å². The Bertz CT molecular complexity index is 369. The van der Waals surface area contributed by atoms with E-state index in [0.29, 0.717) is 11.9 Å². The molecule has 0 aromatic carbocycles. The molecule has 0 radical (unpaired) electrons. The molecule has 94 valence electrons. The predicted octanol–water partition coefficient (Wildman–Crippen LogP) is 1.90. The zero-order chi connectivity index (χ0) is 12.5. The van der Waals surface area contributed by atoms with Crippen molar-refractivity contribution in [2.75, 3.05) is 25.0 Å². The topological polar surface area (TPSA) is 28.2 Å². The number of alkyl halides is 3. The number of nitrogens with one attached hydrogen (secondary N) is 1. The Morgan fingerprint density at radius 2 is 2.18 bits per heavy atom. The van der Waals surface area contributed by atoms with Gasteiger partial charge in [-0.2, -0.15) is 13.2 Å². The largest absolute Gasteiger partial charge is 0.417 e. The van der Waals surface area contributed by atoms with Crippen LogP contribution in [0.5, 0.6) is 0 Å². The normalized spacial score (nSPS) is 20.6. The van der Waals surface area contributed by atoms with Crippen LogP contribution in [0.1, 0.15) is 12.0 Å². The van der Waals surface area contributed by atoms with Crippen molar-refractivity contribution in [1.82, 2.24) is 10.3 Å². The average molecular weight is 245 g/mol. The van der Waals surface area contributed by atoms with Gasteiger partial charge in [0, 0.05) is 25.8 Å². The minimum absolute atomic E-state index is 0.305. The quantitative estimate of drug-likeness (QED) is 0.862. The lowest BCUT2D eigenvalue weighted by atomic mass is 10.2. The lowest BCUT2D eigenvalue weighted by Crippen LogP contribution is -2.33. The Kier molecular flexibility index (Phi) is 3.24. The molecule has 2 heterocycles. The molecule has 1 unspecified atom stereocenters. The fraction of sp³-hybridized carbons (Fsp3) is 0.545. The molecule has 0 saturated carbocycles. The lowest BCUT2D eigenvalue weighted by Gasteiger charge is -2.24. The number of pyridine rings is 1. The average Bonchev–Trinajstić information content (AvgIpc) is 2.80. The van der Waals surface area contributed by atoms with Crippen LogP contribution in [0, 0.1) is 0 Å². The standard InChI is InChI=1S/C11H14F3N3/c1-17(9-4-5-15-7-9)10-3-2-8(6-16-10)11(12,13)14/h2-3,6,9,15H,4-5,7H2,1H3. The summed E-state index contributed by atoms with van der Waals surface area (Å²) in [5.74, 6) is 0.576. The third kappa shape index (κ3) is 2.69. The van der Waals surface area contributed by atoms with Crippen molar-refractivity contribution in [1.29, 1.82) is 0 Å². The van der Waals surface area contributed by atoms with Crippen molar-refractivity contribution in [2.24, 2.45) is 0 Å². The maximum atomic E-state index is 12.4. The van der Waals surface area contributed by atoms with Gasteiger partial charge in [0.15, 0.2) is 0 Å². The van der Waals surface area contributed by atoms with E-state index >= 15 is 0 Å². The minimum atomic E-state index is -4.32. The molecule has 17 heavy (non-hydrogen) atoms. The Morgan fingerprint density at radius 3 is 2.65 bits per heavy atom. The van der Waals surface area contributed by atoms with Gasteiger partial charge in [-0.3, -0.25) is 0 Å². The molecule has 1 aliphatic heterocycles. The Morgan fingerprint density at radius 1 is 1.41 bits per heavy atom. The minimum Gasteiger partial charge on any atom is -0.355 e. The number of halogens is 3. The van der Waals surface area contributed by atoms with Crippen molar-refractivity contribution in [3.63, 3.8) is 0 Å². The summed E-state index contributed by atoms with van der Waals surface area (Å²) >= 11 is 0. The molecule has 1 aromatic heterocycles. The highest BCUT2D eigenvalue weighted by Crippen LogP contribution is 2.29. The van der Waals surface area contributed by atoms with Crippen LogP contribution in [0.4, 0.5) is 19.0 Å². The first-order chi connectivity index (χ1) is 7.98. The van der Waals surface area contributed by atoms with Gasteiger partial charge in [0.05, 0.1) is 5.56 Å². The van der Waals surface area contributed by atoms with Gasteiger partial charge >= 0.3 is 6.18 Å². The first-order valence-corrected chi connectivity index (χ1v) is 5.45. The summed E-state index contributed by atoms with van der Waals surface area (Å²) in [6, 6.07) is 2.79. The maximum absolute atomic E-state index is 12.4. The SMILES string of the molecule is CN(c1ccc(C(F)(F)F)cn1)C1CCNC1. The van der Waals surface area contributed by atoms with Gasteiger partial charge in [-0.1, -0.05) is 0 Å². The van der Waals surface area contributed by atoms with Crippen molar-refractivity contribution in [3.8, 4) is 0 Å². The van der Waals surface area contributed by atoms with E-state index in [9.17, 15) is 13.2 Å². The summed E-state index contributed by atoms with van der Waals surface area (Å²) in [6.45, 7) is 1.79. The third-order valence-corrected chi connectivity index (χ3v) is 3.02. The molecular weight excluding hydrogens is 231 g/mol. The highest BCUT2D eigenvalue weighted by Gasteiger charge is 2.31. The molecule has 0 spiro atoms. The van der Waals surface area contributed by atoms with E-state index in [1.807, 2.05) is 11.9 Å². The number of aromatic nitrogens is 1. The van der Waals surface area contributed by atoms with Crippen molar-refractivity contribution < 1.29 is 13.2 Å². The Balaban J connectivity index is 2.12. The smallest absolute Gasteiger partial charge is 0.355 e. The fourth-order valence-electron chi connectivity index (χ4n) is 1.92. The zero-order valence-corrected chi connectivity index (χ0v) is 9.46. The van der Waals surface area contributed by atoms with Crippen molar-refractivity contribution in [2.45, 2.75) is 18.6 Å². The molecule has 6 heteroatoms. The van der Waals surface area contributed by atoms with Crippen molar-refractivity contribution in [3.05, 3.63) is 23.9 Å². The highest BCUT2D eigenvalue weighted by molar-refractivity contribution is 5.40. The molecule has 1 aliphatic rings. The first-order valence-electron chi connectivity index (χ1n) is 5.45. The Hall–Kier alpha value is -1.30. The van der Waals surface area contributed by atoms with Crippen molar-refractivity contribution >= 4 is 5.82 Å². The molecule has 3 nitrogen and oxygen atoms in total. The summed E-state index contributed by atoms with van der Waals surface area (Å²) < 4.78 is 37.1. The maximum Gasteiger partial charge on any atom is 0.417 e. The molecule has 1 atom stereocenters. The molecule has 1 saturated heterocycles. The van der Waals surface area contributed by atoms with E-state index in [0.717, 1.165) is 31.8 Å². The van der Waals surface area contributed by atoms with Crippen LogP contribution < -0.4 is 10.2 Å².